The summed E-state index contributed by atoms with van der Waals surface area (Å²) in [4.78, 5) is 0.338. The number of rotatable bonds is 6. The van der Waals surface area contributed by atoms with Gasteiger partial charge in [0, 0.05) is 22.0 Å². The van der Waals surface area contributed by atoms with Crippen LogP contribution in [0.4, 0.5) is 0 Å². The van der Waals surface area contributed by atoms with E-state index >= 15 is 0 Å². The molecule has 0 spiro atoms. The van der Waals surface area contributed by atoms with Crippen LogP contribution in [-0.2, 0) is 16.6 Å². The van der Waals surface area contributed by atoms with E-state index in [1.54, 1.807) is 12.1 Å². The second-order valence-corrected chi connectivity index (χ2v) is 8.95. The first-order chi connectivity index (χ1) is 10.4. The van der Waals surface area contributed by atoms with Gasteiger partial charge in [-0.25, -0.2) is 8.42 Å². The molecule has 0 aliphatic carbocycles. The summed E-state index contributed by atoms with van der Waals surface area (Å²) in [7, 11) is -3.49. The van der Waals surface area contributed by atoms with Crippen molar-refractivity contribution in [2.75, 3.05) is 11.9 Å². The molecule has 2 aromatic carbocycles. The molecule has 0 fully saturated rings. The van der Waals surface area contributed by atoms with Gasteiger partial charge in [-0.3, -0.25) is 0 Å². The van der Waals surface area contributed by atoms with Gasteiger partial charge in [-0.05, 0) is 59.3 Å². The highest BCUT2D eigenvalue weighted by Gasteiger charge is 2.24. The summed E-state index contributed by atoms with van der Waals surface area (Å²) in [5, 5.41) is 0.599. The van der Waals surface area contributed by atoms with Crippen molar-refractivity contribution >= 4 is 48.5 Å². The van der Waals surface area contributed by atoms with Gasteiger partial charge in [0.1, 0.15) is 0 Å². The summed E-state index contributed by atoms with van der Waals surface area (Å²) in [5.41, 5.74) is 2.03. The predicted octanol–water partition coefficient (Wildman–Crippen LogP) is 4.19. The summed E-state index contributed by atoms with van der Waals surface area (Å²) in [6, 6.07) is 14.9. The lowest BCUT2D eigenvalue weighted by Crippen LogP contribution is -2.32. The smallest absolute Gasteiger partial charge is 0.207 e. The lowest BCUT2D eigenvalue weighted by atomic mass is 10.2. The van der Waals surface area contributed by atoms with Crippen molar-refractivity contribution in [1.29, 1.82) is 0 Å². The predicted molar refractivity (Wildman–Crippen MR) is 102 cm³/mol. The fourth-order valence-electron chi connectivity index (χ4n) is 2.08. The van der Waals surface area contributed by atoms with E-state index in [0.29, 0.717) is 23.3 Å². The molecule has 0 N–H and O–H groups in total. The van der Waals surface area contributed by atoms with Crippen molar-refractivity contribution < 1.29 is 8.42 Å². The Morgan fingerprint density at radius 2 is 1.82 bits per heavy atom. The Kier molecular flexibility index (Phi) is 6.43. The lowest BCUT2D eigenvalue weighted by molar-refractivity contribution is 0.426. The Bertz CT molecular complexity index is 732. The molecule has 2 rings (SSSR count). The van der Waals surface area contributed by atoms with Gasteiger partial charge in [-0.15, -0.1) is 0 Å². The number of halogens is 2. The molecule has 0 aliphatic rings. The maximum atomic E-state index is 12.8. The van der Waals surface area contributed by atoms with E-state index in [4.69, 9.17) is 0 Å². The van der Waals surface area contributed by atoms with Crippen LogP contribution in [0.25, 0.3) is 0 Å². The minimum atomic E-state index is -3.49. The SMILES string of the molecule is Cc1ccc(S(=O)(=O)N(CCBr)Cc2cccc(I)c2)cc1. The Morgan fingerprint density at radius 3 is 2.41 bits per heavy atom. The Labute approximate surface area is 154 Å². The summed E-state index contributed by atoms with van der Waals surface area (Å²) < 4.78 is 28.3. The highest BCUT2D eigenvalue weighted by molar-refractivity contribution is 14.1. The number of alkyl halides is 1. The Balaban J connectivity index is 2.31. The van der Waals surface area contributed by atoms with Gasteiger partial charge < -0.3 is 0 Å². The summed E-state index contributed by atoms with van der Waals surface area (Å²) in [5.74, 6) is 0. The molecule has 0 radical (unpaired) electrons. The standard InChI is InChI=1S/C16H17BrINO2S/c1-13-5-7-16(8-6-13)22(20,21)19(10-9-17)12-14-3-2-4-15(18)11-14/h2-8,11H,9-10,12H2,1H3. The third-order valence-electron chi connectivity index (χ3n) is 3.24. The zero-order valence-corrected chi connectivity index (χ0v) is 16.7. The number of aryl methyl sites for hydroxylation is 1. The topological polar surface area (TPSA) is 37.4 Å². The molecule has 0 unspecified atom stereocenters. The van der Waals surface area contributed by atoms with E-state index < -0.39 is 10.0 Å². The quantitative estimate of drug-likeness (QED) is 0.447. The van der Waals surface area contributed by atoms with Gasteiger partial charge in [-0.2, -0.15) is 4.31 Å². The van der Waals surface area contributed by atoms with Gasteiger partial charge in [-0.1, -0.05) is 45.8 Å². The van der Waals surface area contributed by atoms with Gasteiger partial charge in [0.15, 0.2) is 0 Å². The molecule has 6 heteroatoms. The molecule has 3 nitrogen and oxygen atoms in total. The molecule has 0 saturated heterocycles. The molecule has 0 amide bonds. The number of benzene rings is 2. The number of hydrogen-bond donors (Lipinski definition) is 0. The van der Waals surface area contributed by atoms with Crippen molar-refractivity contribution in [1.82, 2.24) is 4.31 Å². The van der Waals surface area contributed by atoms with E-state index in [0.717, 1.165) is 14.7 Å². The van der Waals surface area contributed by atoms with Crippen LogP contribution in [0.2, 0.25) is 0 Å². The molecule has 0 atom stereocenters. The molecule has 22 heavy (non-hydrogen) atoms. The molecule has 2 aromatic rings. The Hall–Kier alpha value is -0.440. The van der Waals surface area contributed by atoms with Gasteiger partial charge in [0.05, 0.1) is 4.90 Å². The van der Waals surface area contributed by atoms with E-state index in [9.17, 15) is 8.42 Å². The summed E-state index contributed by atoms with van der Waals surface area (Å²) >= 11 is 5.58. The molecular formula is C16H17BrINO2S. The van der Waals surface area contributed by atoms with E-state index in [1.807, 2.05) is 43.3 Å². The second kappa shape index (κ2) is 7.90. The summed E-state index contributed by atoms with van der Waals surface area (Å²) in [6.45, 7) is 2.75. The minimum Gasteiger partial charge on any atom is -0.207 e. The first kappa shape index (κ1) is 17.9. The maximum Gasteiger partial charge on any atom is 0.243 e. The zero-order valence-electron chi connectivity index (χ0n) is 12.2. The van der Waals surface area contributed by atoms with Crippen LogP contribution in [0.3, 0.4) is 0 Å². The Morgan fingerprint density at radius 1 is 1.14 bits per heavy atom. The molecule has 0 bridgehead atoms. The first-order valence-electron chi connectivity index (χ1n) is 6.81. The molecule has 0 aliphatic heterocycles. The van der Waals surface area contributed by atoms with Crippen molar-refractivity contribution in [3.05, 3.63) is 63.2 Å². The van der Waals surface area contributed by atoms with Crippen LogP contribution in [0.1, 0.15) is 11.1 Å². The van der Waals surface area contributed by atoms with Crippen LogP contribution in [0.5, 0.6) is 0 Å². The first-order valence-corrected chi connectivity index (χ1v) is 10.4. The van der Waals surface area contributed by atoms with Crippen molar-refractivity contribution in [2.24, 2.45) is 0 Å². The van der Waals surface area contributed by atoms with Crippen molar-refractivity contribution in [3.63, 3.8) is 0 Å². The van der Waals surface area contributed by atoms with Crippen molar-refractivity contribution in [2.45, 2.75) is 18.4 Å². The fourth-order valence-corrected chi connectivity index (χ4v) is 4.78. The van der Waals surface area contributed by atoms with Gasteiger partial charge in [0.2, 0.25) is 10.0 Å². The third kappa shape index (κ3) is 4.53. The maximum absolute atomic E-state index is 12.8. The molecule has 118 valence electrons. The number of nitrogens with zero attached hydrogens (tertiary/aromatic N) is 1. The monoisotopic (exact) mass is 493 g/mol. The second-order valence-electron chi connectivity index (χ2n) is 4.97. The number of hydrogen-bond acceptors (Lipinski definition) is 2. The van der Waals surface area contributed by atoms with E-state index in [2.05, 4.69) is 38.5 Å². The molecule has 0 heterocycles. The van der Waals surface area contributed by atoms with E-state index in [1.165, 1.54) is 4.31 Å². The fraction of sp³-hybridized carbons (Fsp3) is 0.250. The highest BCUT2D eigenvalue weighted by Crippen LogP contribution is 2.20. The van der Waals surface area contributed by atoms with Crippen LogP contribution in [0, 0.1) is 10.5 Å². The van der Waals surface area contributed by atoms with Gasteiger partial charge >= 0.3 is 0 Å². The molecular weight excluding hydrogens is 477 g/mol. The van der Waals surface area contributed by atoms with Crippen LogP contribution in [0.15, 0.2) is 53.4 Å². The number of sulfonamides is 1. The van der Waals surface area contributed by atoms with Crippen LogP contribution in [-0.4, -0.2) is 24.6 Å². The largest absolute Gasteiger partial charge is 0.243 e. The van der Waals surface area contributed by atoms with Gasteiger partial charge in [0.25, 0.3) is 0 Å². The van der Waals surface area contributed by atoms with Crippen LogP contribution < -0.4 is 0 Å². The average molecular weight is 494 g/mol. The summed E-state index contributed by atoms with van der Waals surface area (Å²) in [6.07, 6.45) is 0. The molecule has 0 aromatic heterocycles. The minimum absolute atomic E-state index is 0.338. The normalized spacial score (nSPS) is 11.8. The van der Waals surface area contributed by atoms with E-state index in [-0.39, 0.29) is 0 Å². The third-order valence-corrected chi connectivity index (χ3v) is 6.13. The van der Waals surface area contributed by atoms with Crippen LogP contribution >= 0.6 is 38.5 Å². The van der Waals surface area contributed by atoms with Crippen molar-refractivity contribution in [3.8, 4) is 0 Å². The average Bonchev–Trinajstić information content (AvgIpc) is 2.47. The molecule has 0 saturated carbocycles. The highest BCUT2D eigenvalue weighted by atomic mass is 127. The zero-order chi connectivity index (χ0) is 16.2. The lowest BCUT2D eigenvalue weighted by Gasteiger charge is -2.21.